The van der Waals surface area contributed by atoms with Crippen LogP contribution in [-0.4, -0.2) is 50.8 Å². The van der Waals surface area contributed by atoms with Crippen LogP contribution in [0, 0.1) is 11.8 Å². The summed E-state index contributed by atoms with van der Waals surface area (Å²) in [6, 6.07) is 3.95. The highest BCUT2D eigenvalue weighted by atomic mass is 79.9. The monoisotopic (exact) mass is 572 g/mol. The van der Waals surface area contributed by atoms with Crippen LogP contribution in [0.3, 0.4) is 0 Å². The molecule has 0 amide bonds. The van der Waals surface area contributed by atoms with Crippen molar-refractivity contribution in [2.24, 2.45) is 11.8 Å². The van der Waals surface area contributed by atoms with Gasteiger partial charge in [0.05, 0.1) is 0 Å². The molecule has 1 saturated carbocycles. The Balaban J connectivity index is 1.15. The summed E-state index contributed by atoms with van der Waals surface area (Å²) in [4.78, 5) is 17.3. The number of likely N-dealkylation sites (tertiary alicyclic amines) is 1. The van der Waals surface area contributed by atoms with E-state index in [1.807, 2.05) is 12.1 Å². The van der Waals surface area contributed by atoms with E-state index in [4.69, 9.17) is 20.2 Å². The predicted molar refractivity (Wildman–Crippen MR) is 144 cm³/mol. The van der Waals surface area contributed by atoms with Crippen LogP contribution in [0.1, 0.15) is 51.4 Å². The lowest BCUT2D eigenvalue weighted by atomic mass is 9.87. The molecule has 2 aliphatic heterocycles. The molecule has 1 saturated heterocycles. The SMILES string of the molecule is Nc1ncnc2c1nc(Sc1cc3c(cc1Br)OCO3)n2CCC1CCN(CC2CCCCC2)CC1. The van der Waals surface area contributed by atoms with E-state index in [9.17, 15) is 0 Å². The fourth-order valence-electron chi connectivity index (χ4n) is 5.79. The molecule has 3 aromatic rings. The molecule has 0 bridgehead atoms. The van der Waals surface area contributed by atoms with Crippen LogP contribution in [0.2, 0.25) is 0 Å². The summed E-state index contributed by atoms with van der Waals surface area (Å²) >= 11 is 5.27. The van der Waals surface area contributed by atoms with Crippen LogP contribution in [0.25, 0.3) is 11.2 Å². The summed E-state index contributed by atoms with van der Waals surface area (Å²) < 4.78 is 14.3. The van der Waals surface area contributed by atoms with Crippen molar-refractivity contribution >= 4 is 44.7 Å². The van der Waals surface area contributed by atoms with Crippen molar-refractivity contribution < 1.29 is 9.47 Å². The molecule has 6 rings (SSSR count). The van der Waals surface area contributed by atoms with Crippen LogP contribution < -0.4 is 15.2 Å². The van der Waals surface area contributed by atoms with Gasteiger partial charge in [0.1, 0.15) is 6.33 Å². The summed E-state index contributed by atoms with van der Waals surface area (Å²) in [5.41, 5.74) is 7.65. The highest BCUT2D eigenvalue weighted by molar-refractivity contribution is 9.10. The number of benzene rings is 1. The summed E-state index contributed by atoms with van der Waals surface area (Å²) in [6.07, 6.45) is 12.3. The van der Waals surface area contributed by atoms with Crippen molar-refractivity contribution in [3.05, 3.63) is 22.9 Å². The van der Waals surface area contributed by atoms with Crippen molar-refractivity contribution in [3.63, 3.8) is 0 Å². The molecule has 0 atom stereocenters. The van der Waals surface area contributed by atoms with Gasteiger partial charge in [0.15, 0.2) is 33.6 Å². The van der Waals surface area contributed by atoms with E-state index in [2.05, 4.69) is 35.4 Å². The molecule has 1 aromatic carbocycles. The zero-order valence-corrected chi connectivity index (χ0v) is 22.9. The molecule has 0 unspecified atom stereocenters. The zero-order valence-electron chi connectivity index (χ0n) is 20.5. The molecule has 36 heavy (non-hydrogen) atoms. The normalized spacial score (nSPS) is 19.4. The van der Waals surface area contributed by atoms with Crippen LogP contribution in [0.15, 0.2) is 33.0 Å². The second-order valence-electron chi connectivity index (χ2n) is 10.3. The first kappa shape index (κ1) is 24.3. The smallest absolute Gasteiger partial charge is 0.231 e. The maximum atomic E-state index is 6.18. The van der Waals surface area contributed by atoms with Gasteiger partial charge in [-0.2, -0.15) is 0 Å². The van der Waals surface area contributed by atoms with Crippen LogP contribution >= 0.6 is 27.7 Å². The largest absolute Gasteiger partial charge is 0.454 e. The first-order valence-corrected chi connectivity index (χ1v) is 14.7. The van der Waals surface area contributed by atoms with E-state index in [0.29, 0.717) is 11.3 Å². The second kappa shape index (κ2) is 10.8. The Labute approximate surface area is 224 Å². The number of halogens is 1. The minimum Gasteiger partial charge on any atom is -0.454 e. The van der Waals surface area contributed by atoms with Crippen LogP contribution in [0.4, 0.5) is 5.82 Å². The third-order valence-electron chi connectivity index (χ3n) is 7.86. The lowest BCUT2D eigenvalue weighted by molar-refractivity contribution is 0.140. The van der Waals surface area contributed by atoms with Gasteiger partial charge >= 0.3 is 0 Å². The van der Waals surface area contributed by atoms with E-state index in [0.717, 1.165) is 56.5 Å². The summed E-state index contributed by atoms with van der Waals surface area (Å²) in [6.45, 7) is 4.88. The molecule has 1 aliphatic carbocycles. The third-order valence-corrected chi connectivity index (χ3v) is 9.83. The van der Waals surface area contributed by atoms with E-state index in [1.165, 1.54) is 70.9 Å². The quantitative estimate of drug-likeness (QED) is 0.383. The molecule has 4 heterocycles. The van der Waals surface area contributed by atoms with Crippen LogP contribution in [-0.2, 0) is 6.54 Å². The number of rotatable bonds is 7. The van der Waals surface area contributed by atoms with E-state index in [1.54, 1.807) is 11.8 Å². The van der Waals surface area contributed by atoms with Gasteiger partial charge in [-0.15, -0.1) is 0 Å². The zero-order chi connectivity index (χ0) is 24.5. The van der Waals surface area contributed by atoms with Gasteiger partial charge in [-0.25, -0.2) is 15.0 Å². The molecule has 0 radical (unpaired) electrons. The van der Waals surface area contributed by atoms with Gasteiger partial charge in [-0.3, -0.25) is 0 Å². The number of aryl methyl sites for hydroxylation is 1. The maximum absolute atomic E-state index is 6.18. The standard InChI is InChI=1S/C26H33BrN6O2S/c27-19-12-20-21(35-16-34-20)13-22(19)36-26-31-23-24(28)29-15-30-25(23)33(26)11-8-17-6-9-32(10-7-17)14-18-4-2-1-3-5-18/h12-13,15,17-18H,1-11,14,16H2,(H2,28,29,30). The van der Waals surface area contributed by atoms with Gasteiger partial charge in [0.25, 0.3) is 0 Å². The molecule has 192 valence electrons. The molecule has 0 spiro atoms. The number of ether oxygens (including phenoxy) is 2. The number of hydrogen-bond acceptors (Lipinski definition) is 8. The highest BCUT2D eigenvalue weighted by Crippen LogP contribution is 2.43. The van der Waals surface area contributed by atoms with Gasteiger partial charge in [-0.05, 0) is 85.1 Å². The maximum Gasteiger partial charge on any atom is 0.231 e. The molecule has 2 aromatic heterocycles. The Morgan fingerprint density at radius 1 is 1.00 bits per heavy atom. The molecular formula is C26H33BrN6O2S. The second-order valence-corrected chi connectivity index (χ2v) is 12.1. The van der Waals surface area contributed by atoms with E-state index >= 15 is 0 Å². The third kappa shape index (κ3) is 5.17. The Morgan fingerprint density at radius 3 is 2.58 bits per heavy atom. The van der Waals surface area contributed by atoms with Crippen molar-refractivity contribution in [3.8, 4) is 11.5 Å². The van der Waals surface area contributed by atoms with Gasteiger partial charge in [-0.1, -0.05) is 31.0 Å². The number of nitrogens with two attached hydrogens (primary N) is 1. The van der Waals surface area contributed by atoms with Crippen LogP contribution in [0.5, 0.6) is 11.5 Å². The van der Waals surface area contributed by atoms with E-state index < -0.39 is 0 Å². The molecule has 3 aliphatic rings. The summed E-state index contributed by atoms with van der Waals surface area (Å²) in [7, 11) is 0. The van der Waals surface area contributed by atoms with Gasteiger partial charge < -0.3 is 24.7 Å². The number of aromatic nitrogens is 4. The molecule has 8 nitrogen and oxygen atoms in total. The lowest BCUT2D eigenvalue weighted by Gasteiger charge is -2.35. The number of imidazole rings is 1. The minimum atomic E-state index is 0.250. The predicted octanol–water partition coefficient (Wildman–Crippen LogP) is 5.73. The number of nitrogens with zero attached hydrogens (tertiary/aromatic N) is 5. The Morgan fingerprint density at radius 2 is 1.78 bits per heavy atom. The highest BCUT2D eigenvalue weighted by Gasteiger charge is 2.25. The number of nitrogen functional groups attached to an aromatic ring is 1. The summed E-state index contributed by atoms with van der Waals surface area (Å²) in [5.74, 6) is 3.57. The van der Waals surface area contributed by atoms with Crippen molar-refractivity contribution in [1.82, 2.24) is 24.4 Å². The number of anilines is 1. The van der Waals surface area contributed by atoms with Crippen molar-refractivity contribution in [2.45, 2.75) is 68.0 Å². The molecular weight excluding hydrogens is 540 g/mol. The van der Waals surface area contributed by atoms with E-state index in [-0.39, 0.29) is 6.79 Å². The molecule has 2 N–H and O–H groups in total. The lowest BCUT2D eigenvalue weighted by Crippen LogP contribution is -2.37. The summed E-state index contributed by atoms with van der Waals surface area (Å²) in [5, 5.41) is 0.867. The Bertz CT molecular complexity index is 1220. The topological polar surface area (TPSA) is 91.3 Å². The first-order chi connectivity index (χ1) is 17.6. The van der Waals surface area contributed by atoms with Crippen molar-refractivity contribution in [1.29, 1.82) is 0 Å². The average Bonchev–Trinajstić information content (AvgIpc) is 3.49. The Hall–Kier alpha value is -2.04. The molecule has 10 heteroatoms. The molecule has 2 fully saturated rings. The Kier molecular flexibility index (Phi) is 7.26. The fraction of sp³-hybridized carbons (Fsp3) is 0.577. The van der Waals surface area contributed by atoms with Gasteiger partial charge in [0, 0.05) is 22.5 Å². The van der Waals surface area contributed by atoms with Crippen molar-refractivity contribution in [2.75, 3.05) is 32.2 Å². The average molecular weight is 574 g/mol. The van der Waals surface area contributed by atoms with Gasteiger partial charge in [0.2, 0.25) is 6.79 Å². The number of fused-ring (bicyclic) bond motifs is 2. The minimum absolute atomic E-state index is 0.250. The first-order valence-electron chi connectivity index (χ1n) is 13.1. The number of piperidine rings is 1. The number of hydrogen-bond donors (Lipinski definition) is 1. The fourth-order valence-corrected chi connectivity index (χ4v) is 7.30.